The number of pyridine rings is 1. The fourth-order valence-electron chi connectivity index (χ4n) is 3.41. The average molecular weight is 331 g/mol. The fraction of sp³-hybridized carbons (Fsp3) is 0.526. The second-order valence-electron chi connectivity index (χ2n) is 7.00. The smallest absolute Gasteiger partial charge is 0.198 e. The van der Waals surface area contributed by atoms with Crippen LogP contribution >= 0.6 is 0 Å². The summed E-state index contributed by atoms with van der Waals surface area (Å²) in [6.45, 7) is 10.2. The Bertz CT molecular complexity index is 761. The Balaban J connectivity index is 1.90. The molecule has 0 saturated carbocycles. The normalized spacial score (nSPS) is 21.1. The van der Waals surface area contributed by atoms with E-state index >= 15 is 0 Å². The maximum atomic E-state index is 13.0. The molecule has 24 heavy (non-hydrogen) atoms. The van der Waals surface area contributed by atoms with Gasteiger partial charge in [-0.15, -0.1) is 0 Å². The van der Waals surface area contributed by atoms with Crippen LogP contribution in [0.2, 0.25) is 0 Å². The molecule has 0 bridgehead atoms. The average Bonchev–Trinajstić information content (AvgIpc) is 2.58. The molecule has 1 aliphatic rings. The zero-order valence-corrected chi connectivity index (χ0v) is 15.0. The number of piperazine rings is 1. The predicted octanol–water partition coefficient (Wildman–Crippen LogP) is -0.461. The van der Waals surface area contributed by atoms with Crippen molar-refractivity contribution in [2.45, 2.75) is 26.8 Å². The SMILES string of the molecule is CCCOc1ccc2[nH]c(C)c(C[NH+]3CC[NH+](C)CC3)c(=O)c2c1. The lowest BCUT2D eigenvalue weighted by molar-refractivity contribution is -1.01. The Hall–Kier alpha value is -1.85. The summed E-state index contributed by atoms with van der Waals surface area (Å²) in [4.78, 5) is 19.5. The second kappa shape index (κ2) is 7.36. The summed E-state index contributed by atoms with van der Waals surface area (Å²) in [5, 5.41) is 0.739. The molecule has 0 unspecified atom stereocenters. The first-order chi connectivity index (χ1) is 11.6. The van der Waals surface area contributed by atoms with Crippen molar-refractivity contribution in [1.29, 1.82) is 0 Å². The minimum Gasteiger partial charge on any atom is -0.494 e. The van der Waals surface area contributed by atoms with Gasteiger partial charge in [0.25, 0.3) is 0 Å². The van der Waals surface area contributed by atoms with E-state index in [1.807, 2.05) is 25.1 Å². The van der Waals surface area contributed by atoms with Gasteiger partial charge < -0.3 is 19.5 Å². The van der Waals surface area contributed by atoms with Crippen LogP contribution in [0.15, 0.2) is 23.0 Å². The topological polar surface area (TPSA) is 51.0 Å². The van der Waals surface area contributed by atoms with Crippen LogP contribution in [0.4, 0.5) is 0 Å². The predicted molar refractivity (Wildman–Crippen MR) is 96.1 cm³/mol. The van der Waals surface area contributed by atoms with Gasteiger partial charge in [0.05, 0.1) is 19.2 Å². The van der Waals surface area contributed by atoms with E-state index in [9.17, 15) is 4.79 Å². The highest BCUT2D eigenvalue weighted by Crippen LogP contribution is 2.18. The van der Waals surface area contributed by atoms with E-state index in [0.29, 0.717) is 6.61 Å². The number of quaternary nitrogens is 2. The van der Waals surface area contributed by atoms with Gasteiger partial charge in [0.2, 0.25) is 0 Å². The first-order valence-electron chi connectivity index (χ1n) is 9.01. The van der Waals surface area contributed by atoms with Gasteiger partial charge in [0.15, 0.2) is 5.43 Å². The van der Waals surface area contributed by atoms with Gasteiger partial charge in [-0.3, -0.25) is 4.79 Å². The van der Waals surface area contributed by atoms with Gasteiger partial charge in [-0.2, -0.15) is 0 Å². The van der Waals surface area contributed by atoms with E-state index < -0.39 is 0 Å². The van der Waals surface area contributed by atoms with E-state index in [1.54, 1.807) is 4.90 Å². The van der Waals surface area contributed by atoms with E-state index in [0.717, 1.165) is 54.0 Å². The summed E-state index contributed by atoms with van der Waals surface area (Å²) in [6, 6.07) is 5.77. The first kappa shape index (κ1) is 17.0. The summed E-state index contributed by atoms with van der Waals surface area (Å²) in [7, 11) is 2.24. The van der Waals surface area contributed by atoms with Crippen LogP contribution in [-0.2, 0) is 6.54 Å². The maximum Gasteiger partial charge on any atom is 0.198 e. The van der Waals surface area contributed by atoms with Crippen molar-refractivity contribution in [2.75, 3.05) is 39.8 Å². The number of ether oxygens (including phenoxy) is 1. The van der Waals surface area contributed by atoms with Gasteiger partial charge in [0.1, 0.15) is 38.5 Å². The number of fused-ring (bicyclic) bond motifs is 1. The van der Waals surface area contributed by atoms with E-state index in [2.05, 4.69) is 19.0 Å². The number of H-pyrrole nitrogens is 1. The lowest BCUT2D eigenvalue weighted by Gasteiger charge is -2.27. The number of nitrogens with one attached hydrogen (secondary N) is 3. The molecular formula is C19H29N3O2+2. The third-order valence-corrected chi connectivity index (χ3v) is 4.99. The molecule has 2 aromatic rings. The molecule has 0 spiro atoms. The number of hydrogen-bond donors (Lipinski definition) is 3. The minimum absolute atomic E-state index is 0.155. The molecule has 1 fully saturated rings. The fourth-order valence-corrected chi connectivity index (χ4v) is 3.41. The Morgan fingerprint density at radius 3 is 2.67 bits per heavy atom. The lowest BCUT2D eigenvalue weighted by Crippen LogP contribution is -3.26. The van der Waals surface area contributed by atoms with Crippen molar-refractivity contribution in [3.8, 4) is 5.75 Å². The number of aromatic amines is 1. The van der Waals surface area contributed by atoms with Crippen molar-refractivity contribution in [1.82, 2.24) is 4.98 Å². The molecule has 3 rings (SSSR count). The molecule has 1 aromatic heterocycles. The Morgan fingerprint density at radius 1 is 1.21 bits per heavy atom. The molecule has 1 saturated heterocycles. The van der Waals surface area contributed by atoms with Crippen LogP contribution in [0.3, 0.4) is 0 Å². The van der Waals surface area contributed by atoms with Gasteiger partial charge in [0, 0.05) is 16.6 Å². The number of aromatic nitrogens is 1. The molecule has 1 aromatic carbocycles. The molecule has 1 aliphatic heterocycles. The van der Waals surface area contributed by atoms with Crippen LogP contribution in [0, 0.1) is 6.92 Å². The van der Waals surface area contributed by atoms with Crippen LogP contribution in [0.1, 0.15) is 24.6 Å². The van der Waals surface area contributed by atoms with Crippen molar-refractivity contribution in [3.63, 3.8) is 0 Å². The molecule has 0 radical (unpaired) electrons. The summed E-state index contributed by atoms with van der Waals surface area (Å²) >= 11 is 0. The molecule has 130 valence electrons. The van der Waals surface area contributed by atoms with E-state index in [4.69, 9.17) is 4.74 Å². The minimum atomic E-state index is 0.155. The monoisotopic (exact) mass is 331 g/mol. The van der Waals surface area contributed by atoms with Gasteiger partial charge in [-0.1, -0.05) is 6.92 Å². The summed E-state index contributed by atoms with van der Waals surface area (Å²) in [5.74, 6) is 0.778. The largest absolute Gasteiger partial charge is 0.494 e. The highest BCUT2D eigenvalue weighted by atomic mass is 16.5. The van der Waals surface area contributed by atoms with Crippen LogP contribution in [0.5, 0.6) is 5.75 Å². The summed E-state index contributed by atoms with van der Waals surface area (Å²) < 4.78 is 5.69. The van der Waals surface area contributed by atoms with Crippen LogP contribution in [0.25, 0.3) is 10.9 Å². The zero-order valence-electron chi connectivity index (χ0n) is 15.0. The van der Waals surface area contributed by atoms with Gasteiger partial charge in [-0.05, 0) is 31.5 Å². The van der Waals surface area contributed by atoms with Gasteiger partial charge in [-0.25, -0.2) is 0 Å². The van der Waals surface area contributed by atoms with Crippen molar-refractivity contribution in [3.05, 3.63) is 39.7 Å². The van der Waals surface area contributed by atoms with Crippen molar-refractivity contribution in [2.24, 2.45) is 0 Å². The van der Waals surface area contributed by atoms with Crippen LogP contribution < -0.4 is 20.0 Å². The molecule has 5 nitrogen and oxygen atoms in total. The molecular weight excluding hydrogens is 302 g/mol. The Labute approximate surface area is 143 Å². The Morgan fingerprint density at radius 2 is 1.96 bits per heavy atom. The van der Waals surface area contributed by atoms with Gasteiger partial charge >= 0.3 is 0 Å². The highest BCUT2D eigenvalue weighted by Gasteiger charge is 2.22. The third kappa shape index (κ3) is 3.62. The van der Waals surface area contributed by atoms with E-state index in [-0.39, 0.29) is 5.43 Å². The lowest BCUT2D eigenvalue weighted by atomic mass is 10.1. The Kier molecular flexibility index (Phi) is 5.21. The van der Waals surface area contributed by atoms with Crippen molar-refractivity contribution >= 4 is 10.9 Å². The maximum absolute atomic E-state index is 13.0. The zero-order chi connectivity index (χ0) is 17.1. The molecule has 2 heterocycles. The standard InChI is InChI=1S/C19H27N3O2/c1-4-11-24-15-5-6-18-16(12-15)19(23)17(14(2)20-18)13-22-9-7-21(3)8-10-22/h5-6,12H,4,7-11,13H2,1-3H3,(H,20,23)/p+2. The molecule has 5 heteroatoms. The number of likely N-dealkylation sites (N-methyl/N-ethyl adjacent to an activating group) is 1. The summed E-state index contributed by atoms with van der Waals surface area (Å²) in [6.07, 6.45) is 0.961. The van der Waals surface area contributed by atoms with Crippen LogP contribution in [-0.4, -0.2) is 44.8 Å². The number of aryl methyl sites for hydroxylation is 1. The number of benzene rings is 1. The molecule has 3 N–H and O–H groups in total. The first-order valence-corrected chi connectivity index (χ1v) is 9.01. The highest BCUT2D eigenvalue weighted by molar-refractivity contribution is 5.81. The summed E-state index contributed by atoms with van der Waals surface area (Å²) in [5.41, 5.74) is 2.96. The molecule has 0 amide bonds. The number of rotatable bonds is 5. The third-order valence-electron chi connectivity index (χ3n) is 4.99. The van der Waals surface area contributed by atoms with E-state index in [1.165, 1.54) is 18.0 Å². The molecule has 0 aliphatic carbocycles. The quantitative estimate of drug-likeness (QED) is 0.694. The second-order valence-corrected chi connectivity index (χ2v) is 7.00. The van der Waals surface area contributed by atoms with Crippen molar-refractivity contribution < 1.29 is 14.5 Å². The number of hydrogen-bond acceptors (Lipinski definition) is 2. The molecule has 0 atom stereocenters.